The molecule has 0 saturated heterocycles. The van der Waals surface area contributed by atoms with Crippen molar-refractivity contribution < 1.29 is 17.6 Å². The summed E-state index contributed by atoms with van der Waals surface area (Å²) >= 11 is 0. The van der Waals surface area contributed by atoms with Gasteiger partial charge in [0.25, 0.3) is 21.8 Å². The van der Waals surface area contributed by atoms with Crippen molar-refractivity contribution in [2.75, 3.05) is 16.2 Å². The predicted molar refractivity (Wildman–Crippen MR) is 118 cm³/mol. The lowest BCUT2D eigenvalue weighted by Gasteiger charge is -2.22. The van der Waals surface area contributed by atoms with Crippen LogP contribution in [0.3, 0.4) is 0 Å². The van der Waals surface area contributed by atoms with Gasteiger partial charge in [-0.15, -0.1) is 5.10 Å². The van der Waals surface area contributed by atoms with E-state index in [9.17, 15) is 13.2 Å². The van der Waals surface area contributed by atoms with Crippen molar-refractivity contribution in [2.24, 2.45) is 7.05 Å². The number of aromatic nitrogens is 4. The Morgan fingerprint density at radius 3 is 2.41 bits per heavy atom. The number of nitrogens with zero attached hydrogens (tertiary/aromatic N) is 5. The Hall–Kier alpha value is -3.99. The fraction of sp³-hybridized carbons (Fsp3) is 0.143. The molecule has 0 aliphatic carbocycles. The predicted octanol–water partition coefficient (Wildman–Crippen LogP) is 2.94. The summed E-state index contributed by atoms with van der Waals surface area (Å²) in [7, 11) is -2.02. The van der Waals surface area contributed by atoms with Crippen LogP contribution in [0.15, 0.2) is 76.2 Å². The van der Waals surface area contributed by atoms with Crippen molar-refractivity contribution in [1.29, 1.82) is 0 Å². The highest BCUT2D eigenvalue weighted by Crippen LogP contribution is 2.24. The average molecular weight is 452 g/mol. The van der Waals surface area contributed by atoms with E-state index in [-0.39, 0.29) is 28.9 Å². The number of nitrogens with one attached hydrogen (secondary N) is 1. The van der Waals surface area contributed by atoms with Gasteiger partial charge < -0.3 is 4.42 Å². The van der Waals surface area contributed by atoms with Crippen molar-refractivity contribution >= 4 is 27.6 Å². The van der Waals surface area contributed by atoms with Gasteiger partial charge in [-0.25, -0.2) is 8.42 Å². The molecule has 2 aromatic heterocycles. The molecule has 1 N–H and O–H groups in total. The molecule has 4 aromatic rings. The Kier molecular flexibility index (Phi) is 5.73. The molecule has 4 rings (SSSR count). The smallest absolute Gasteiger partial charge is 0.322 e. The fourth-order valence-corrected chi connectivity index (χ4v) is 4.54. The normalized spacial score (nSPS) is 11.3. The molecule has 11 heteroatoms. The van der Waals surface area contributed by atoms with Gasteiger partial charge in [-0.2, -0.15) is 5.10 Å². The van der Waals surface area contributed by atoms with Gasteiger partial charge in [0.2, 0.25) is 0 Å². The molecule has 0 fully saturated rings. The first-order chi connectivity index (χ1) is 15.4. The first kappa shape index (κ1) is 21.2. The van der Waals surface area contributed by atoms with Crippen molar-refractivity contribution in [2.45, 2.75) is 11.8 Å². The van der Waals surface area contributed by atoms with Crippen LogP contribution in [0.1, 0.15) is 17.3 Å². The Morgan fingerprint density at radius 2 is 1.78 bits per heavy atom. The number of sulfonamides is 1. The van der Waals surface area contributed by atoms with E-state index in [4.69, 9.17) is 4.42 Å². The van der Waals surface area contributed by atoms with Crippen molar-refractivity contribution in [3.05, 3.63) is 72.4 Å². The van der Waals surface area contributed by atoms with Crippen LogP contribution >= 0.6 is 0 Å². The van der Waals surface area contributed by atoms with Gasteiger partial charge >= 0.3 is 6.01 Å². The molecule has 10 nitrogen and oxygen atoms in total. The molecule has 0 aliphatic heterocycles. The number of carbonyl (C=O) groups is 1. The summed E-state index contributed by atoms with van der Waals surface area (Å²) in [6, 6.07) is 16.1. The lowest BCUT2D eigenvalue weighted by atomic mass is 10.2. The first-order valence-electron chi connectivity index (χ1n) is 9.71. The third-order valence-electron chi connectivity index (χ3n) is 4.61. The maximum atomic E-state index is 13.1. The molecule has 164 valence electrons. The number of aryl methyl sites for hydroxylation is 1. The molecule has 32 heavy (non-hydrogen) atoms. The lowest BCUT2D eigenvalue weighted by Crippen LogP contribution is -2.30. The molecule has 2 heterocycles. The van der Waals surface area contributed by atoms with Gasteiger partial charge in [0, 0.05) is 25.4 Å². The minimum absolute atomic E-state index is 0.0787. The van der Waals surface area contributed by atoms with E-state index in [1.165, 1.54) is 28.6 Å². The lowest BCUT2D eigenvalue weighted by molar-refractivity contribution is 0.102. The zero-order chi connectivity index (χ0) is 22.7. The van der Waals surface area contributed by atoms with Crippen molar-refractivity contribution in [3.63, 3.8) is 0 Å². The average Bonchev–Trinajstić information content (AvgIpc) is 3.44. The minimum Gasteiger partial charge on any atom is -0.401 e. The quantitative estimate of drug-likeness (QED) is 0.457. The summed E-state index contributed by atoms with van der Waals surface area (Å²) in [4.78, 5) is 12.6. The Bertz CT molecular complexity index is 1330. The van der Waals surface area contributed by atoms with E-state index in [1.807, 2.05) is 6.07 Å². The summed E-state index contributed by atoms with van der Waals surface area (Å²) in [6.07, 6.45) is 1.73. The summed E-state index contributed by atoms with van der Waals surface area (Å²) in [6.45, 7) is 2.03. The SMILES string of the molecule is CCN(c1ccccc1)S(=O)(=O)c1ccc(C(=O)Nc2nnc(-c3ccn(C)n3)o2)cc1. The Morgan fingerprint density at radius 1 is 1.06 bits per heavy atom. The van der Waals surface area contributed by atoms with Crippen LogP contribution in [-0.4, -0.2) is 40.8 Å². The molecule has 0 atom stereocenters. The van der Waals surface area contributed by atoms with Crippen molar-refractivity contribution in [3.8, 4) is 11.6 Å². The second-order valence-electron chi connectivity index (χ2n) is 6.77. The highest BCUT2D eigenvalue weighted by molar-refractivity contribution is 7.92. The standard InChI is InChI=1S/C21H20N6O4S/c1-3-27(16-7-5-4-6-8-16)32(29,30)17-11-9-15(10-12-17)19(28)22-21-24-23-20(31-21)18-13-14-26(2)25-18/h4-14H,3H2,1-2H3,(H,22,24,28). The summed E-state index contributed by atoms with van der Waals surface area (Å²) < 4.78 is 34.4. The molecule has 0 spiro atoms. The van der Waals surface area contributed by atoms with Crippen LogP contribution in [0.25, 0.3) is 11.6 Å². The molecule has 0 radical (unpaired) electrons. The maximum absolute atomic E-state index is 13.1. The van der Waals surface area contributed by atoms with Crippen LogP contribution in [0.4, 0.5) is 11.7 Å². The molecule has 0 bridgehead atoms. The number of hydrogen-bond donors (Lipinski definition) is 1. The molecular formula is C21H20N6O4S. The summed E-state index contributed by atoms with van der Waals surface area (Å²) in [5.41, 5.74) is 1.29. The number of carbonyl (C=O) groups excluding carboxylic acids is 1. The molecule has 1 amide bonds. The summed E-state index contributed by atoms with van der Waals surface area (Å²) in [5, 5.41) is 14.3. The maximum Gasteiger partial charge on any atom is 0.322 e. The van der Waals surface area contributed by atoms with E-state index < -0.39 is 15.9 Å². The van der Waals surface area contributed by atoms with Crippen LogP contribution in [-0.2, 0) is 17.1 Å². The number of hydrogen-bond acceptors (Lipinski definition) is 7. The highest BCUT2D eigenvalue weighted by atomic mass is 32.2. The third-order valence-corrected chi connectivity index (χ3v) is 6.53. The van der Waals surface area contributed by atoms with E-state index in [0.29, 0.717) is 11.4 Å². The Balaban J connectivity index is 1.49. The van der Waals surface area contributed by atoms with E-state index in [0.717, 1.165) is 0 Å². The van der Waals surface area contributed by atoms with E-state index in [2.05, 4.69) is 20.6 Å². The zero-order valence-corrected chi connectivity index (χ0v) is 18.2. The Labute approximate surface area is 184 Å². The highest BCUT2D eigenvalue weighted by Gasteiger charge is 2.24. The number of amides is 1. The van der Waals surface area contributed by atoms with Gasteiger partial charge in [0.05, 0.1) is 10.6 Å². The van der Waals surface area contributed by atoms with Gasteiger partial charge in [-0.05, 0) is 49.4 Å². The fourth-order valence-electron chi connectivity index (χ4n) is 3.07. The van der Waals surface area contributed by atoms with Crippen LogP contribution in [0.2, 0.25) is 0 Å². The molecule has 2 aromatic carbocycles. The number of anilines is 2. The van der Waals surface area contributed by atoms with Gasteiger partial charge in [-0.1, -0.05) is 23.3 Å². The van der Waals surface area contributed by atoms with Gasteiger partial charge in [0.1, 0.15) is 5.69 Å². The molecule has 0 saturated carbocycles. The molecule has 0 aliphatic rings. The number of para-hydroxylation sites is 1. The van der Waals surface area contributed by atoms with Gasteiger partial charge in [0.15, 0.2) is 0 Å². The number of benzene rings is 2. The second kappa shape index (κ2) is 8.63. The largest absolute Gasteiger partial charge is 0.401 e. The monoisotopic (exact) mass is 452 g/mol. The third kappa shape index (κ3) is 4.23. The van der Waals surface area contributed by atoms with Crippen LogP contribution in [0, 0.1) is 0 Å². The van der Waals surface area contributed by atoms with E-state index in [1.54, 1.807) is 55.2 Å². The van der Waals surface area contributed by atoms with Crippen molar-refractivity contribution in [1.82, 2.24) is 20.0 Å². The van der Waals surface area contributed by atoms with Gasteiger partial charge in [-0.3, -0.25) is 19.1 Å². The zero-order valence-electron chi connectivity index (χ0n) is 17.3. The number of rotatable bonds is 7. The summed E-state index contributed by atoms with van der Waals surface area (Å²) in [5.74, 6) is -0.344. The molecule has 0 unspecified atom stereocenters. The van der Waals surface area contributed by atoms with Crippen LogP contribution in [0.5, 0.6) is 0 Å². The van der Waals surface area contributed by atoms with E-state index >= 15 is 0 Å². The molecular weight excluding hydrogens is 432 g/mol. The second-order valence-corrected chi connectivity index (χ2v) is 8.63. The first-order valence-corrected chi connectivity index (χ1v) is 11.1. The minimum atomic E-state index is -3.78. The topological polar surface area (TPSA) is 123 Å². The van der Waals surface area contributed by atoms with Crippen LogP contribution < -0.4 is 9.62 Å².